The molecule has 23 heavy (non-hydrogen) atoms. The van der Waals surface area contributed by atoms with Crippen molar-refractivity contribution in [2.24, 2.45) is 0 Å². The van der Waals surface area contributed by atoms with Gasteiger partial charge >= 0.3 is 6.15 Å². The Bertz CT molecular complexity index is 539. The van der Waals surface area contributed by atoms with Crippen LogP contribution in [-0.2, 0) is 43.0 Å². The first-order valence-electron chi connectivity index (χ1n) is 6.42. The normalized spacial score (nSPS) is 11.1. The molecule has 0 heterocycles. The van der Waals surface area contributed by atoms with E-state index in [-0.39, 0.29) is 44.8 Å². The maximum Gasteiger partial charge on any atom is 0.373 e. The van der Waals surface area contributed by atoms with Crippen molar-refractivity contribution in [3.05, 3.63) is 0 Å². The molecule has 0 aliphatic heterocycles. The van der Waals surface area contributed by atoms with E-state index in [0.717, 1.165) is 12.5 Å². The molecule has 10 nitrogen and oxygen atoms in total. The lowest BCUT2D eigenvalue weighted by Crippen LogP contribution is -2.37. The number of carbonyl (C=O) groups is 1. The van der Waals surface area contributed by atoms with Crippen molar-refractivity contribution in [2.45, 2.75) is 19.8 Å². The Morgan fingerprint density at radius 3 is 1.57 bits per heavy atom. The van der Waals surface area contributed by atoms with Crippen LogP contribution in [0.2, 0.25) is 0 Å². The topological polar surface area (TPSA) is 141 Å². The van der Waals surface area contributed by atoms with E-state index < -0.39 is 20.2 Å². The number of hydrogen-bond acceptors (Lipinski definition) is 9. The summed E-state index contributed by atoms with van der Waals surface area (Å²) in [6, 6.07) is 0. The molecule has 1 amide bonds. The zero-order valence-corrected chi connectivity index (χ0v) is 14.8. The van der Waals surface area contributed by atoms with Crippen LogP contribution in [0.5, 0.6) is 0 Å². The fraction of sp³-hybridized carbons (Fsp3) is 0.818. The highest BCUT2D eigenvalue weighted by Gasteiger charge is 2.14. The molecule has 12 heteroatoms. The van der Waals surface area contributed by atoms with Crippen molar-refractivity contribution in [2.75, 3.05) is 38.8 Å². The van der Waals surface area contributed by atoms with Gasteiger partial charge in [0.05, 0.1) is 25.7 Å². The minimum atomic E-state index is -3.57. The Balaban J connectivity index is 0. The standard InChI is InChI=1S/C10H21NO7S2.CO2/c1-4-5-10(12)11(6-8-17-19(2,13)14)7-9-18-20(3,15)16;2-1-3/h4-9H2,1-3H3;. The predicted molar refractivity (Wildman–Crippen MR) is 78.1 cm³/mol. The van der Waals surface area contributed by atoms with E-state index in [4.69, 9.17) is 9.59 Å². The summed E-state index contributed by atoms with van der Waals surface area (Å²) in [4.78, 5) is 29.3. The Labute approximate surface area is 136 Å². The van der Waals surface area contributed by atoms with Crippen LogP contribution in [-0.4, -0.2) is 72.6 Å². The summed E-state index contributed by atoms with van der Waals surface area (Å²) in [5.41, 5.74) is 0. The van der Waals surface area contributed by atoms with Crippen molar-refractivity contribution < 1.29 is 39.6 Å². The molecule has 0 aromatic heterocycles. The predicted octanol–water partition coefficient (Wildman–Crippen LogP) is -1.02. The van der Waals surface area contributed by atoms with Crippen molar-refractivity contribution >= 4 is 32.3 Å². The summed E-state index contributed by atoms with van der Waals surface area (Å²) in [7, 11) is -7.13. The third kappa shape index (κ3) is 18.6. The monoisotopic (exact) mass is 375 g/mol. The molecule has 0 saturated heterocycles. The fourth-order valence-corrected chi connectivity index (χ4v) is 2.09. The number of carbonyl (C=O) groups excluding carboxylic acids is 3. The van der Waals surface area contributed by atoms with Crippen LogP contribution in [0.1, 0.15) is 19.8 Å². The summed E-state index contributed by atoms with van der Waals surface area (Å²) in [5.74, 6) is -0.207. The number of hydrogen-bond donors (Lipinski definition) is 0. The van der Waals surface area contributed by atoms with Gasteiger partial charge in [-0.2, -0.15) is 26.4 Å². The Morgan fingerprint density at radius 1 is 0.957 bits per heavy atom. The smallest absolute Gasteiger partial charge is 0.338 e. The van der Waals surface area contributed by atoms with Gasteiger partial charge in [0.2, 0.25) is 5.91 Å². The molecule has 0 N–H and O–H groups in total. The highest BCUT2D eigenvalue weighted by Crippen LogP contribution is 2.00. The molecule has 136 valence electrons. The second-order valence-corrected chi connectivity index (χ2v) is 7.55. The molecule has 0 unspecified atom stereocenters. The quantitative estimate of drug-likeness (QED) is 0.439. The van der Waals surface area contributed by atoms with Crippen LogP contribution in [0.4, 0.5) is 0 Å². The largest absolute Gasteiger partial charge is 0.373 e. The summed E-state index contributed by atoms with van der Waals surface area (Å²) >= 11 is 0. The molecule has 0 rings (SSSR count). The number of nitrogens with zero attached hydrogens (tertiary/aromatic N) is 1. The van der Waals surface area contributed by atoms with Gasteiger partial charge in [-0.1, -0.05) is 6.92 Å². The summed E-state index contributed by atoms with van der Waals surface area (Å²) in [6.07, 6.45) is 3.00. The van der Waals surface area contributed by atoms with Crippen molar-refractivity contribution in [3.8, 4) is 0 Å². The second-order valence-electron chi connectivity index (χ2n) is 4.27. The van der Waals surface area contributed by atoms with Crippen LogP contribution in [0, 0.1) is 0 Å². The molecule has 0 atom stereocenters. The van der Waals surface area contributed by atoms with Crippen LogP contribution in [0.25, 0.3) is 0 Å². The minimum Gasteiger partial charge on any atom is -0.338 e. The molecule has 0 aliphatic rings. The summed E-state index contributed by atoms with van der Waals surface area (Å²) in [5, 5.41) is 0. The van der Waals surface area contributed by atoms with E-state index in [0.29, 0.717) is 6.42 Å². The van der Waals surface area contributed by atoms with Gasteiger partial charge in [-0.3, -0.25) is 13.2 Å². The first-order valence-corrected chi connectivity index (χ1v) is 10.1. The third-order valence-electron chi connectivity index (χ3n) is 2.13. The zero-order chi connectivity index (χ0) is 18.5. The molecular weight excluding hydrogens is 354 g/mol. The number of rotatable bonds is 10. The summed E-state index contributed by atoms with van der Waals surface area (Å²) < 4.78 is 52.4. The van der Waals surface area contributed by atoms with Crippen LogP contribution in [0.15, 0.2) is 0 Å². The van der Waals surface area contributed by atoms with Gasteiger partial charge in [-0.15, -0.1) is 0 Å². The molecule has 0 aliphatic carbocycles. The molecule has 0 aromatic carbocycles. The van der Waals surface area contributed by atoms with Gasteiger partial charge in [-0.05, 0) is 6.42 Å². The lowest BCUT2D eigenvalue weighted by molar-refractivity contribution is -0.191. The zero-order valence-electron chi connectivity index (χ0n) is 13.2. The van der Waals surface area contributed by atoms with Crippen molar-refractivity contribution in [1.82, 2.24) is 4.90 Å². The van der Waals surface area contributed by atoms with Gasteiger partial charge in [-0.25, -0.2) is 0 Å². The molecule has 0 radical (unpaired) electrons. The average molecular weight is 375 g/mol. The van der Waals surface area contributed by atoms with E-state index in [2.05, 4.69) is 8.37 Å². The Hall–Kier alpha value is -1.33. The molecule has 0 aromatic rings. The minimum absolute atomic E-state index is 0.0546. The van der Waals surface area contributed by atoms with Crippen LogP contribution < -0.4 is 0 Å². The van der Waals surface area contributed by atoms with E-state index in [1.807, 2.05) is 6.92 Å². The summed E-state index contributed by atoms with van der Waals surface area (Å²) in [6.45, 7) is 1.59. The second kappa shape index (κ2) is 12.1. The van der Waals surface area contributed by atoms with Crippen molar-refractivity contribution in [1.29, 1.82) is 0 Å². The van der Waals surface area contributed by atoms with Gasteiger partial charge in [0.1, 0.15) is 0 Å². The maximum atomic E-state index is 11.8. The first-order chi connectivity index (χ1) is 10.5. The van der Waals surface area contributed by atoms with Gasteiger partial charge in [0, 0.05) is 19.5 Å². The molecule has 0 bridgehead atoms. The lowest BCUT2D eigenvalue weighted by Gasteiger charge is -2.21. The van der Waals surface area contributed by atoms with E-state index >= 15 is 0 Å². The first kappa shape index (κ1) is 23.9. The highest BCUT2D eigenvalue weighted by molar-refractivity contribution is 7.86. The SMILES string of the molecule is CCCC(=O)N(CCOS(C)(=O)=O)CCOS(C)(=O)=O.O=C=O. The van der Waals surface area contributed by atoms with Crippen molar-refractivity contribution in [3.63, 3.8) is 0 Å². The van der Waals surface area contributed by atoms with Gasteiger partial charge in [0.25, 0.3) is 20.2 Å². The lowest BCUT2D eigenvalue weighted by atomic mass is 10.3. The molecule has 0 saturated carbocycles. The Morgan fingerprint density at radius 2 is 1.30 bits per heavy atom. The van der Waals surface area contributed by atoms with E-state index in [9.17, 15) is 21.6 Å². The molecular formula is C11H21NO9S2. The van der Waals surface area contributed by atoms with Crippen LogP contribution >= 0.6 is 0 Å². The number of amides is 1. The van der Waals surface area contributed by atoms with Gasteiger partial charge < -0.3 is 4.90 Å². The van der Waals surface area contributed by atoms with E-state index in [1.165, 1.54) is 4.90 Å². The van der Waals surface area contributed by atoms with Gasteiger partial charge in [0.15, 0.2) is 0 Å². The third-order valence-corrected chi connectivity index (χ3v) is 3.32. The average Bonchev–Trinajstić information content (AvgIpc) is 2.35. The molecule has 0 spiro atoms. The highest BCUT2D eigenvalue weighted by atomic mass is 32.2. The fourth-order valence-electron chi connectivity index (χ4n) is 1.33. The Kier molecular flexibility index (Phi) is 12.6. The molecule has 0 fully saturated rings. The van der Waals surface area contributed by atoms with E-state index in [1.54, 1.807) is 0 Å². The maximum absolute atomic E-state index is 11.8. The van der Waals surface area contributed by atoms with Crippen LogP contribution in [0.3, 0.4) is 0 Å².